The van der Waals surface area contributed by atoms with Gasteiger partial charge < -0.3 is 9.84 Å². The van der Waals surface area contributed by atoms with Crippen molar-refractivity contribution < 1.29 is 14.6 Å². The second-order valence-corrected chi connectivity index (χ2v) is 13.2. The monoisotopic (exact) mass is 528 g/mol. The van der Waals surface area contributed by atoms with Crippen LogP contribution in [-0.2, 0) is 16.1 Å². The van der Waals surface area contributed by atoms with Gasteiger partial charge in [0.1, 0.15) is 5.78 Å². The van der Waals surface area contributed by atoms with Crippen molar-refractivity contribution in [2.24, 2.45) is 34.0 Å². The third-order valence-corrected chi connectivity index (χ3v) is 11.7. The Morgan fingerprint density at radius 1 is 1.09 bits per heavy atom. The maximum Gasteiger partial charge on any atom is 0.169 e. The van der Waals surface area contributed by atoms with E-state index in [4.69, 9.17) is 4.74 Å². The van der Waals surface area contributed by atoms with E-state index in [2.05, 4.69) is 42.8 Å². The summed E-state index contributed by atoms with van der Waals surface area (Å²) < 4.78 is 7.19. The molecular weight excluding hydrogens is 488 g/mol. The standard InChI is InChI=1S/C30H41BrO3/c1-5-29(20(2)32)15-13-26-24-11-8-22-18-30(33,34-19-21-6-9-23(31)10-7-21)17-16-27(22,3)25(24)12-14-28(26,29)4/h6-10,24-26,33H,5,11-19H2,1-4H3/t24?,25?,26?,27-,28-,29+,30-/m0/s1. The van der Waals surface area contributed by atoms with Crippen LogP contribution in [0.4, 0.5) is 0 Å². The van der Waals surface area contributed by atoms with E-state index in [9.17, 15) is 9.90 Å². The minimum Gasteiger partial charge on any atom is -0.365 e. The molecule has 1 N–H and O–H groups in total. The molecule has 7 atom stereocenters. The van der Waals surface area contributed by atoms with Crippen LogP contribution >= 0.6 is 15.9 Å². The first-order valence-corrected chi connectivity index (χ1v) is 14.2. The fourth-order valence-corrected chi connectivity index (χ4v) is 9.35. The predicted octanol–water partition coefficient (Wildman–Crippen LogP) is 7.60. The molecule has 0 spiro atoms. The van der Waals surface area contributed by atoms with E-state index in [0.29, 0.717) is 43.0 Å². The molecule has 4 aliphatic rings. The van der Waals surface area contributed by atoms with E-state index in [1.165, 1.54) is 24.8 Å². The highest BCUT2D eigenvalue weighted by Crippen LogP contribution is 2.70. The molecule has 4 aliphatic carbocycles. The van der Waals surface area contributed by atoms with Gasteiger partial charge in [0, 0.05) is 22.7 Å². The summed E-state index contributed by atoms with van der Waals surface area (Å²) in [6.45, 7) is 9.42. The largest absolute Gasteiger partial charge is 0.365 e. The van der Waals surface area contributed by atoms with Crippen molar-refractivity contribution in [2.45, 2.75) is 97.9 Å². The molecule has 3 fully saturated rings. The average molecular weight is 530 g/mol. The minimum absolute atomic E-state index is 0.124. The van der Waals surface area contributed by atoms with Crippen LogP contribution in [0.3, 0.4) is 0 Å². The summed E-state index contributed by atoms with van der Waals surface area (Å²) >= 11 is 3.48. The van der Waals surface area contributed by atoms with E-state index in [1.54, 1.807) is 0 Å². The second kappa shape index (κ2) is 8.56. The van der Waals surface area contributed by atoms with Gasteiger partial charge >= 0.3 is 0 Å². The number of carbonyl (C=O) groups excluding carboxylic acids is 1. The Hall–Kier alpha value is -0.970. The molecule has 4 heteroatoms. The molecule has 0 saturated heterocycles. The van der Waals surface area contributed by atoms with Crippen molar-refractivity contribution in [3.05, 3.63) is 46.0 Å². The fourth-order valence-electron chi connectivity index (χ4n) is 9.08. The van der Waals surface area contributed by atoms with Gasteiger partial charge in [-0.25, -0.2) is 0 Å². The number of halogens is 1. The van der Waals surface area contributed by atoms with E-state index < -0.39 is 5.79 Å². The number of Topliss-reactive ketones (excluding diaryl/α,β-unsaturated/α-hetero) is 1. The van der Waals surface area contributed by atoms with Crippen LogP contribution in [0.1, 0.15) is 91.0 Å². The lowest BCUT2D eigenvalue weighted by Gasteiger charge is -2.60. The molecule has 0 bridgehead atoms. The number of benzene rings is 1. The first-order valence-electron chi connectivity index (χ1n) is 13.4. The van der Waals surface area contributed by atoms with Gasteiger partial charge in [-0.3, -0.25) is 4.79 Å². The Balaban J connectivity index is 1.35. The number of fused-ring (bicyclic) bond motifs is 5. The van der Waals surface area contributed by atoms with Gasteiger partial charge in [-0.05, 0) is 98.1 Å². The molecule has 3 saturated carbocycles. The van der Waals surface area contributed by atoms with Gasteiger partial charge in [0.15, 0.2) is 5.79 Å². The quantitative estimate of drug-likeness (QED) is 0.316. The van der Waals surface area contributed by atoms with Crippen LogP contribution in [0.15, 0.2) is 40.4 Å². The van der Waals surface area contributed by atoms with Gasteiger partial charge in [0.25, 0.3) is 0 Å². The number of hydrogen-bond acceptors (Lipinski definition) is 3. The second-order valence-electron chi connectivity index (χ2n) is 12.3. The lowest BCUT2D eigenvalue weighted by Crippen LogP contribution is -2.55. The molecule has 34 heavy (non-hydrogen) atoms. The molecule has 0 heterocycles. The van der Waals surface area contributed by atoms with Crippen molar-refractivity contribution in [1.29, 1.82) is 0 Å². The van der Waals surface area contributed by atoms with E-state index in [0.717, 1.165) is 35.7 Å². The molecule has 0 radical (unpaired) electrons. The van der Waals surface area contributed by atoms with Crippen molar-refractivity contribution in [3.63, 3.8) is 0 Å². The summed E-state index contributed by atoms with van der Waals surface area (Å²) in [6, 6.07) is 8.12. The molecule has 1 aromatic carbocycles. The Kier molecular flexibility index (Phi) is 6.22. The van der Waals surface area contributed by atoms with Crippen molar-refractivity contribution in [3.8, 4) is 0 Å². The highest BCUT2D eigenvalue weighted by Gasteiger charge is 2.65. The van der Waals surface area contributed by atoms with Crippen LogP contribution in [0.2, 0.25) is 0 Å². The van der Waals surface area contributed by atoms with Gasteiger partial charge in [0.2, 0.25) is 0 Å². The normalized spacial score (nSPS) is 43.5. The molecule has 0 aliphatic heterocycles. The Labute approximate surface area is 213 Å². The molecule has 3 unspecified atom stereocenters. The molecule has 0 amide bonds. The third-order valence-electron chi connectivity index (χ3n) is 11.2. The summed E-state index contributed by atoms with van der Waals surface area (Å²) in [4.78, 5) is 12.9. The maximum atomic E-state index is 12.9. The summed E-state index contributed by atoms with van der Waals surface area (Å²) in [5.41, 5.74) is 2.65. The van der Waals surface area contributed by atoms with Crippen LogP contribution in [0.25, 0.3) is 0 Å². The number of ether oxygens (including phenoxy) is 1. The minimum atomic E-state index is -1.08. The predicted molar refractivity (Wildman–Crippen MR) is 139 cm³/mol. The van der Waals surface area contributed by atoms with Crippen LogP contribution in [0.5, 0.6) is 0 Å². The van der Waals surface area contributed by atoms with Gasteiger partial charge in [0.05, 0.1) is 6.61 Å². The molecule has 1 aromatic rings. The summed E-state index contributed by atoms with van der Waals surface area (Å²) in [6.07, 6.45) is 11.5. The molecule has 5 rings (SSSR count). The molecule has 3 nitrogen and oxygen atoms in total. The van der Waals surface area contributed by atoms with Crippen molar-refractivity contribution in [1.82, 2.24) is 0 Å². The van der Waals surface area contributed by atoms with Gasteiger partial charge in [-0.2, -0.15) is 0 Å². The zero-order chi connectivity index (χ0) is 24.4. The summed E-state index contributed by atoms with van der Waals surface area (Å²) in [5.74, 6) is 1.30. The number of aliphatic hydroxyl groups is 1. The van der Waals surface area contributed by atoms with Crippen LogP contribution in [0, 0.1) is 34.0 Å². The van der Waals surface area contributed by atoms with Crippen molar-refractivity contribution >= 4 is 21.7 Å². The Bertz CT molecular complexity index is 985. The van der Waals surface area contributed by atoms with Crippen LogP contribution < -0.4 is 0 Å². The smallest absolute Gasteiger partial charge is 0.169 e. The maximum absolute atomic E-state index is 12.9. The van der Waals surface area contributed by atoms with Crippen molar-refractivity contribution in [2.75, 3.05) is 0 Å². The molecule has 186 valence electrons. The van der Waals surface area contributed by atoms with Gasteiger partial charge in [-0.15, -0.1) is 0 Å². The lowest BCUT2D eigenvalue weighted by molar-refractivity contribution is -0.231. The average Bonchev–Trinajstić information content (AvgIpc) is 3.13. The SMILES string of the molecule is CC[C@]1(C(C)=O)CCC2C3CC=C4C[C@@](O)(OCc5ccc(Br)cc5)CC[C@]4(C)C3CC[C@@]21C. The number of hydrogen-bond donors (Lipinski definition) is 1. The number of allylic oxidation sites excluding steroid dienone is 1. The van der Waals surface area contributed by atoms with E-state index in [-0.39, 0.29) is 16.2 Å². The highest BCUT2D eigenvalue weighted by molar-refractivity contribution is 9.10. The lowest BCUT2D eigenvalue weighted by atomic mass is 9.45. The van der Waals surface area contributed by atoms with E-state index >= 15 is 0 Å². The summed E-state index contributed by atoms with van der Waals surface area (Å²) in [7, 11) is 0. The number of ketones is 1. The first-order chi connectivity index (χ1) is 16.1. The third kappa shape index (κ3) is 3.61. The summed E-state index contributed by atoms with van der Waals surface area (Å²) in [5, 5.41) is 11.4. The Morgan fingerprint density at radius 2 is 1.79 bits per heavy atom. The molecular formula is C30H41BrO3. The molecule has 0 aromatic heterocycles. The zero-order valence-electron chi connectivity index (χ0n) is 21.3. The first kappa shape index (κ1) is 24.7. The van der Waals surface area contributed by atoms with Gasteiger partial charge in [-0.1, -0.05) is 60.5 Å². The number of carbonyl (C=O) groups is 1. The topological polar surface area (TPSA) is 46.5 Å². The highest BCUT2D eigenvalue weighted by atomic mass is 79.9. The number of rotatable bonds is 5. The van der Waals surface area contributed by atoms with Crippen LogP contribution in [-0.4, -0.2) is 16.7 Å². The fraction of sp³-hybridized carbons (Fsp3) is 0.700. The zero-order valence-corrected chi connectivity index (χ0v) is 22.9. The Morgan fingerprint density at radius 3 is 2.47 bits per heavy atom. The van der Waals surface area contributed by atoms with E-state index in [1.807, 2.05) is 31.2 Å².